The maximum absolute atomic E-state index is 11.8. The number of hydrogen-bond donors (Lipinski definition) is 2. The van der Waals surface area contributed by atoms with Gasteiger partial charge in [-0.2, -0.15) is 15.0 Å². The lowest BCUT2D eigenvalue weighted by Crippen LogP contribution is -2.41. The van der Waals surface area contributed by atoms with Crippen LogP contribution in [0.5, 0.6) is 0 Å². The van der Waals surface area contributed by atoms with Crippen LogP contribution in [-0.2, 0) is 4.79 Å². The third-order valence-electron chi connectivity index (χ3n) is 2.58. The molecule has 0 aliphatic heterocycles. The zero-order valence-corrected chi connectivity index (χ0v) is 11.9. The van der Waals surface area contributed by atoms with Crippen LogP contribution in [0.25, 0.3) is 5.69 Å². The molecule has 0 saturated heterocycles. The highest BCUT2D eigenvalue weighted by Crippen LogP contribution is 2.11. The summed E-state index contributed by atoms with van der Waals surface area (Å²) in [6, 6.07) is 7.36. The van der Waals surface area contributed by atoms with Gasteiger partial charge in [0, 0.05) is 11.2 Å². The topological polar surface area (TPSA) is 71.8 Å². The van der Waals surface area contributed by atoms with E-state index in [9.17, 15) is 4.79 Å². The SMILES string of the molecule is CC(C)(C)NCC(=O)Nc1ccc(-n2nccn2)cc1. The molecule has 1 aromatic carbocycles. The zero-order valence-electron chi connectivity index (χ0n) is 11.9. The number of anilines is 1. The summed E-state index contributed by atoms with van der Waals surface area (Å²) in [5, 5.41) is 14.1. The Morgan fingerprint density at radius 3 is 2.30 bits per heavy atom. The maximum Gasteiger partial charge on any atom is 0.238 e. The Labute approximate surface area is 118 Å². The van der Waals surface area contributed by atoms with E-state index >= 15 is 0 Å². The van der Waals surface area contributed by atoms with E-state index in [0.29, 0.717) is 0 Å². The van der Waals surface area contributed by atoms with Crippen molar-refractivity contribution in [1.29, 1.82) is 0 Å². The van der Waals surface area contributed by atoms with Crippen LogP contribution in [0.1, 0.15) is 20.8 Å². The molecule has 0 atom stereocenters. The Kier molecular flexibility index (Phi) is 4.14. The minimum atomic E-state index is -0.0764. The molecule has 0 spiro atoms. The minimum Gasteiger partial charge on any atom is -0.325 e. The molecule has 0 unspecified atom stereocenters. The molecule has 0 bridgehead atoms. The molecular formula is C14H19N5O. The highest BCUT2D eigenvalue weighted by atomic mass is 16.1. The predicted octanol–water partition coefficient (Wildman–Crippen LogP) is 1.59. The van der Waals surface area contributed by atoms with E-state index in [1.165, 1.54) is 4.80 Å². The van der Waals surface area contributed by atoms with Crippen molar-refractivity contribution in [3.63, 3.8) is 0 Å². The Hall–Kier alpha value is -2.21. The molecular weight excluding hydrogens is 254 g/mol. The second-order valence-corrected chi connectivity index (χ2v) is 5.52. The van der Waals surface area contributed by atoms with Crippen LogP contribution in [0, 0.1) is 0 Å². The molecule has 0 saturated carbocycles. The number of nitrogens with zero attached hydrogens (tertiary/aromatic N) is 3. The molecule has 2 N–H and O–H groups in total. The summed E-state index contributed by atoms with van der Waals surface area (Å²) in [6.07, 6.45) is 3.24. The van der Waals surface area contributed by atoms with E-state index in [1.54, 1.807) is 12.4 Å². The third kappa shape index (κ3) is 4.17. The van der Waals surface area contributed by atoms with Gasteiger partial charge in [0.2, 0.25) is 5.91 Å². The number of nitrogens with one attached hydrogen (secondary N) is 2. The fourth-order valence-electron chi connectivity index (χ4n) is 1.58. The summed E-state index contributed by atoms with van der Waals surface area (Å²) in [4.78, 5) is 13.3. The van der Waals surface area contributed by atoms with Crippen LogP contribution < -0.4 is 10.6 Å². The van der Waals surface area contributed by atoms with Crippen LogP contribution in [0.2, 0.25) is 0 Å². The first-order valence-corrected chi connectivity index (χ1v) is 6.46. The normalized spacial score (nSPS) is 11.3. The van der Waals surface area contributed by atoms with E-state index in [4.69, 9.17) is 0 Å². The summed E-state index contributed by atoms with van der Waals surface area (Å²) in [6.45, 7) is 6.34. The Morgan fingerprint density at radius 2 is 1.75 bits per heavy atom. The van der Waals surface area contributed by atoms with Gasteiger partial charge in [-0.25, -0.2) is 0 Å². The van der Waals surface area contributed by atoms with Crippen molar-refractivity contribution in [2.24, 2.45) is 0 Å². The second-order valence-electron chi connectivity index (χ2n) is 5.52. The lowest BCUT2D eigenvalue weighted by molar-refractivity contribution is -0.115. The lowest BCUT2D eigenvalue weighted by Gasteiger charge is -2.20. The van der Waals surface area contributed by atoms with Gasteiger partial charge < -0.3 is 10.6 Å². The summed E-state index contributed by atoms with van der Waals surface area (Å²) < 4.78 is 0. The molecule has 20 heavy (non-hydrogen) atoms. The standard InChI is InChI=1S/C14H19N5O/c1-14(2,3)15-10-13(20)18-11-4-6-12(7-5-11)19-16-8-9-17-19/h4-9,15H,10H2,1-3H3,(H,18,20). The van der Waals surface area contributed by atoms with E-state index in [0.717, 1.165) is 11.4 Å². The number of amides is 1. The van der Waals surface area contributed by atoms with Gasteiger partial charge in [-0.3, -0.25) is 4.79 Å². The number of benzene rings is 1. The minimum absolute atomic E-state index is 0.0649. The van der Waals surface area contributed by atoms with Crippen molar-refractivity contribution >= 4 is 11.6 Å². The van der Waals surface area contributed by atoms with Gasteiger partial charge in [0.1, 0.15) is 0 Å². The van der Waals surface area contributed by atoms with Crippen molar-refractivity contribution in [3.05, 3.63) is 36.7 Å². The molecule has 106 valence electrons. The molecule has 0 fully saturated rings. The van der Waals surface area contributed by atoms with Crippen molar-refractivity contribution < 1.29 is 4.79 Å². The van der Waals surface area contributed by atoms with Crippen LogP contribution >= 0.6 is 0 Å². The molecule has 6 nitrogen and oxygen atoms in total. The highest BCUT2D eigenvalue weighted by molar-refractivity contribution is 5.92. The average Bonchev–Trinajstić information content (AvgIpc) is 2.90. The van der Waals surface area contributed by atoms with E-state index in [-0.39, 0.29) is 18.0 Å². The van der Waals surface area contributed by atoms with Gasteiger partial charge in [0.15, 0.2) is 0 Å². The van der Waals surface area contributed by atoms with Gasteiger partial charge in [-0.1, -0.05) is 0 Å². The number of aromatic nitrogens is 3. The summed E-state index contributed by atoms with van der Waals surface area (Å²) >= 11 is 0. The highest BCUT2D eigenvalue weighted by Gasteiger charge is 2.11. The molecule has 1 amide bonds. The van der Waals surface area contributed by atoms with Gasteiger partial charge in [-0.05, 0) is 45.0 Å². The van der Waals surface area contributed by atoms with E-state index in [2.05, 4.69) is 20.8 Å². The lowest BCUT2D eigenvalue weighted by atomic mass is 10.1. The number of carbonyl (C=O) groups excluding carboxylic acids is 1. The average molecular weight is 273 g/mol. The number of hydrogen-bond acceptors (Lipinski definition) is 4. The van der Waals surface area contributed by atoms with Crippen molar-refractivity contribution in [1.82, 2.24) is 20.3 Å². The number of carbonyl (C=O) groups is 1. The Balaban J connectivity index is 1.92. The monoisotopic (exact) mass is 273 g/mol. The maximum atomic E-state index is 11.8. The fourth-order valence-corrected chi connectivity index (χ4v) is 1.58. The zero-order chi connectivity index (χ0) is 14.6. The molecule has 6 heteroatoms. The first-order valence-electron chi connectivity index (χ1n) is 6.46. The summed E-state index contributed by atoms with van der Waals surface area (Å²) in [5.74, 6) is -0.0649. The van der Waals surface area contributed by atoms with Gasteiger partial charge >= 0.3 is 0 Å². The van der Waals surface area contributed by atoms with E-state index in [1.807, 2.05) is 45.0 Å². The smallest absolute Gasteiger partial charge is 0.238 e. The molecule has 2 rings (SSSR count). The first kappa shape index (κ1) is 14.2. The van der Waals surface area contributed by atoms with Crippen LogP contribution in [0.15, 0.2) is 36.7 Å². The van der Waals surface area contributed by atoms with Crippen LogP contribution in [0.4, 0.5) is 5.69 Å². The van der Waals surface area contributed by atoms with Gasteiger partial charge in [-0.15, -0.1) is 0 Å². The van der Waals surface area contributed by atoms with Crippen LogP contribution in [0.3, 0.4) is 0 Å². The van der Waals surface area contributed by atoms with Crippen molar-refractivity contribution in [3.8, 4) is 5.69 Å². The van der Waals surface area contributed by atoms with Gasteiger partial charge in [0.05, 0.1) is 24.6 Å². The third-order valence-corrected chi connectivity index (χ3v) is 2.58. The summed E-state index contributed by atoms with van der Waals surface area (Å²) in [7, 11) is 0. The molecule has 0 aliphatic carbocycles. The Morgan fingerprint density at radius 1 is 1.15 bits per heavy atom. The summed E-state index contributed by atoms with van der Waals surface area (Å²) in [5.41, 5.74) is 1.52. The largest absolute Gasteiger partial charge is 0.325 e. The predicted molar refractivity (Wildman–Crippen MR) is 77.7 cm³/mol. The molecule has 0 radical (unpaired) electrons. The van der Waals surface area contributed by atoms with Crippen LogP contribution in [-0.4, -0.2) is 33.0 Å². The molecule has 1 aromatic heterocycles. The van der Waals surface area contributed by atoms with Gasteiger partial charge in [0.25, 0.3) is 0 Å². The second kappa shape index (κ2) is 5.83. The Bertz CT molecular complexity index is 554. The number of rotatable bonds is 4. The molecule has 1 heterocycles. The fraction of sp³-hybridized carbons (Fsp3) is 0.357. The quantitative estimate of drug-likeness (QED) is 0.887. The van der Waals surface area contributed by atoms with Crippen molar-refractivity contribution in [2.45, 2.75) is 26.3 Å². The molecule has 2 aromatic rings. The first-order chi connectivity index (χ1) is 9.44. The van der Waals surface area contributed by atoms with E-state index < -0.39 is 0 Å². The molecule has 0 aliphatic rings. The van der Waals surface area contributed by atoms with Crippen molar-refractivity contribution in [2.75, 3.05) is 11.9 Å².